The largest absolute Gasteiger partial charge is 0.490 e. The SMILES string of the molecule is COCCN1CCN(C(=O)CN2CCOc3ccc(C)cc32)CC1. The summed E-state index contributed by atoms with van der Waals surface area (Å²) in [4.78, 5) is 19.2. The van der Waals surface area contributed by atoms with Crippen LogP contribution in [0.3, 0.4) is 0 Å². The topological polar surface area (TPSA) is 45.2 Å². The lowest BCUT2D eigenvalue weighted by molar-refractivity contribution is -0.131. The van der Waals surface area contributed by atoms with Gasteiger partial charge in [0, 0.05) is 39.8 Å². The first-order valence-corrected chi connectivity index (χ1v) is 8.65. The summed E-state index contributed by atoms with van der Waals surface area (Å²) in [6.07, 6.45) is 0. The molecule has 3 rings (SSSR count). The number of aryl methyl sites for hydroxylation is 1. The Kier molecular flexibility index (Phi) is 5.58. The van der Waals surface area contributed by atoms with Crippen molar-refractivity contribution in [3.63, 3.8) is 0 Å². The molecule has 0 spiro atoms. The van der Waals surface area contributed by atoms with Crippen LogP contribution in [0.5, 0.6) is 5.75 Å². The van der Waals surface area contributed by atoms with Gasteiger partial charge in [-0.2, -0.15) is 0 Å². The highest BCUT2D eigenvalue weighted by Gasteiger charge is 2.25. The lowest BCUT2D eigenvalue weighted by Gasteiger charge is -2.37. The molecule has 2 aliphatic heterocycles. The Bertz CT molecular complexity index is 571. The van der Waals surface area contributed by atoms with Crippen LogP contribution in [0.25, 0.3) is 0 Å². The number of nitrogens with zero attached hydrogens (tertiary/aromatic N) is 3. The van der Waals surface area contributed by atoms with E-state index in [2.05, 4.69) is 22.8 Å². The predicted octanol–water partition coefficient (Wildman–Crippen LogP) is 0.984. The lowest BCUT2D eigenvalue weighted by Crippen LogP contribution is -2.52. The van der Waals surface area contributed by atoms with Crippen molar-refractivity contribution in [2.24, 2.45) is 0 Å². The van der Waals surface area contributed by atoms with Crippen LogP contribution >= 0.6 is 0 Å². The quantitative estimate of drug-likeness (QED) is 0.804. The first-order chi connectivity index (χ1) is 11.7. The molecule has 0 unspecified atom stereocenters. The van der Waals surface area contributed by atoms with Crippen molar-refractivity contribution in [1.29, 1.82) is 0 Å². The molecule has 0 N–H and O–H groups in total. The molecular weight excluding hydrogens is 306 g/mol. The summed E-state index contributed by atoms with van der Waals surface area (Å²) in [5.74, 6) is 1.08. The Morgan fingerprint density at radius 1 is 1.21 bits per heavy atom. The minimum atomic E-state index is 0.204. The Balaban J connectivity index is 1.56. The van der Waals surface area contributed by atoms with Gasteiger partial charge in [0.1, 0.15) is 12.4 Å². The monoisotopic (exact) mass is 333 g/mol. The molecular formula is C18H27N3O3. The summed E-state index contributed by atoms with van der Waals surface area (Å²) in [6.45, 7) is 9.02. The number of piperazine rings is 1. The summed E-state index contributed by atoms with van der Waals surface area (Å²) in [6, 6.07) is 6.14. The minimum Gasteiger partial charge on any atom is -0.490 e. The molecule has 0 bridgehead atoms. The first-order valence-electron chi connectivity index (χ1n) is 8.65. The molecule has 132 valence electrons. The second-order valence-corrected chi connectivity index (χ2v) is 6.46. The number of benzene rings is 1. The number of carbonyl (C=O) groups is 1. The Morgan fingerprint density at radius 3 is 2.75 bits per heavy atom. The maximum Gasteiger partial charge on any atom is 0.242 e. The minimum absolute atomic E-state index is 0.204. The van der Waals surface area contributed by atoms with Crippen molar-refractivity contribution in [1.82, 2.24) is 9.80 Å². The molecule has 6 heteroatoms. The standard InChI is InChI=1S/C18H27N3O3/c1-15-3-4-17-16(13-15)21(10-12-24-17)14-18(22)20-7-5-19(6-8-20)9-11-23-2/h3-4,13H,5-12,14H2,1-2H3. The van der Waals surface area contributed by atoms with Crippen LogP contribution < -0.4 is 9.64 Å². The summed E-state index contributed by atoms with van der Waals surface area (Å²) in [7, 11) is 1.72. The maximum atomic E-state index is 12.7. The van der Waals surface area contributed by atoms with Crippen LogP contribution in [0.1, 0.15) is 5.56 Å². The normalized spacial score (nSPS) is 18.2. The van der Waals surface area contributed by atoms with Gasteiger partial charge >= 0.3 is 0 Å². The summed E-state index contributed by atoms with van der Waals surface area (Å²) < 4.78 is 10.8. The number of amides is 1. The van der Waals surface area contributed by atoms with Gasteiger partial charge < -0.3 is 19.3 Å². The Labute approximate surface area is 143 Å². The molecule has 1 fully saturated rings. The zero-order valence-electron chi connectivity index (χ0n) is 14.7. The van der Waals surface area contributed by atoms with Gasteiger partial charge in [-0.15, -0.1) is 0 Å². The van der Waals surface area contributed by atoms with Crippen LogP contribution in [0, 0.1) is 6.92 Å². The van der Waals surface area contributed by atoms with Gasteiger partial charge in [0.05, 0.1) is 25.4 Å². The third-order valence-corrected chi connectivity index (χ3v) is 4.74. The van der Waals surface area contributed by atoms with E-state index >= 15 is 0 Å². The van der Waals surface area contributed by atoms with E-state index in [4.69, 9.17) is 9.47 Å². The van der Waals surface area contributed by atoms with Gasteiger partial charge in [-0.05, 0) is 24.6 Å². The number of fused-ring (bicyclic) bond motifs is 1. The van der Waals surface area contributed by atoms with Crippen LogP contribution in [-0.2, 0) is 9.53 Å². The summed E-state index contributed by atoms with van der Waals surface area (Å²) in [5, 5.41) is 0. The van der Waals surface area contributed by atoms with Crippen molar-refractivity contribution in [3.8, 4) is 5.75 Å². The highest BCUT2D eigenvalue weighted by Crippen LogP contribution is 2.32. The van der Waals surface area contributed by atoms with E-state index in [0.29, 0.717) is 13.2 Å². The maximum absolute atomic E-state index is 12.7. The molecule has 6 nitrogen and oxygen atoms in total. The number of hydrogen-bond acceptors (Lipinski definition) is 5. The third-order valence-electron chi connectivity index (χ3n) is 4.74. The first kappa shape index (κ1) is 17.0. The number of ether oxygens (including phenoxy) is 2. The molecule has 24 heavy (non-hydrogen) atoms. The second kappa shape index (κ2) is 7.85. The fourth-order valence-electron chi connectivity index (χ4n) is 3.25. The zero-order chi connectivity index (χ0) is 16.9. The highest BCUT2D eigenvalue weighted by molar-refractivity contribution is 5.82. The number of anilines is 1. The van der Waals surface area contributed by atoms with Crippen LogP contribution in [0.15, 0.2) is 18.2 Å². The fraction of sp³-hybridized carbons (Fsp3) is 0.611. The zero-order valence-corrected chi connectivity index (χ0v) is 14.7. The fourth-order valence-corrected chi connectivity index (χ4v) is 3.25. The number of hydrogen-bond donors (Lipinski definition) is 0. The van der Waals surface area contributed by atoms with E-state index in [0.717, 1.165) is 57.3 Å². The Morgan fingerprint density at radius 2 is 2.00 bits per heavy atom. The average Bonchev–Trinajstić information content (AvgIpc) is 2.61. The van der Waals surface area contributed by atoms with Crippen molar-refractivity contribution >= 4 is 11.6 Å². The van der Waals surface area contributed by atoms with Gasteiger partial charge in [0.25, 0.3) is 0 Å². The van der Waals surface area contributed by atoms with Crippen molar-refractivity contribution in [2.45, 2.75) is 6.92 Å². The van der Waals surface area contributed by atoms with Gasteiger partial charge in [-0.1, -0.05) is 6.07 Å². The number of methoxy groups -OCH3 is 1. The van der Waals surface area contributed by atoms with E-state index in [1.54, 1.807) is 7.11 Å². The van der Waals surface area contributed by atoms with Crippen molar-refractivity contribution in [2.75, 3.05) is 71.0 Å². The molecule has 0 atom stereocenters. The molecule has 0 saturated carbocycles. The Hall–Kier alpha value is -1.79. The van der Waals surface area contributed by atoms with E-state index < -0.39 is 0 Å². The molecule has 1 saturated heterocycles. The number of rotatable bonds is 5. The van der Waals surface area contributed by atoms with Crippen LogP contribution in [0.2, 0.25) is 0 Å². The van der Waals surface area contributed by atoms with Gasteiger partial charge in [0.15, 0.2) is 0 Å². The van der Waals surface area contributed by atoms with E-state index in [9.17, 15) is 4.79 Å². The van der Waals surface area contributed by atoms with Crippen molar-refractivity contribution < 1.29 is 14.3 Å². The van der Waals surface area contributed by atoms with Gasteiger partial charge in [-0.3, -0.25) is 9.69 Å². The highest BCUT2D eigenvalue weighted by atomic mass is 16.5. The van der Waals surface area contributed by atoms with E-state index in [1.807, 2.05) is 17.0 Å². The third kappa shape index (κ3) is 3.99. The van der Waals surface area contributed by atoms with Gasteiger partial charge in [0.2, 0.25) is 5.91 Å². The van der Waals surface area contributed by atoms with Gasteiger partial charge in [-0.25, -0.2) is 0 Å². The summed E-state index contributed by atoms with van der Waals surface area (Å²) >= 11 is 0. The van der Waals surface area contributed by atoms with Crippen molar-refractivity contribution in [3.05, 3.63) is 23.8 Å². The predicted molar refractivity (Wildman–Crippen MR) is 93.8 cm³/mol. The molecule has 1 aromatic rings. The lowest BCUT2D eigenvalue weighted by atomic mass is 10.1. The number of carbonyl (C=O) groups excluding carboxylic acids is 1. The molecule has 1 amide bonds. The van der Waals surface area contributed by atoms with E-state index in [-0.39, 0.29) is 5.91 Å². The van der Waals surface area contributed by atoms with E-state index in [1.165, 1.54) is 5.56 Å². The molecule has 1 aromatic carbocycles. The smallest absolute Gasteiger partial charge is 0.242 e. The summed E-state index contributed by atoms with van der Waals surface area (Å²) in [5.41, 5.74) is 2.22. The molecule has 0 aliphatic carbocycles. The average molecular weight is 333 g/mol. The molecule has 2 heterocycles. The van der Waals surface area contributed by atoms with Crippen LogP contribution in [-0.4, -0.2) is 81.8 Å². The molecule has 0 aromatic heterocycles. The van der Waals surface area contributed by atoms with Crippen LogP contribution in [0.4, 0.5) is 5.69 Å². The molecule has 0 radical (unpaired) electrons. The second-order valence-electron chi connectivity index (χ2n) is 6.46. The molecule has 2 aliphatic rings.